The van der Waals surface area contributed by atoms with Gasteiger partial charge in [0.15, 0.2) is 12.2 Å². The van der Waals surface area contributed by atoms with E-state index >= 15 is 0 Å². The highest BCUT2D eigenvalue weighted by molar-refractivity contribution is 5.73. The van der Waals surface area contributed by atoms with Crippen molar-refractivity contribution in [3.05, 3.63) is 0 Å². The van der Waals surface area contributed by atoms with Crippen molar-refractivity contribution in [2.45, 2.75) is 250 Å². The summed E-state index contributed by atoms with van der Waals surface area (Å²) < 4.78 is 23.5. The van der Waals surface area contributed by atoms with Crippen molar-refractivity contribution in [3.8, 4) is 0 Å². The summed E-state index contributed by atoms with van der Waals surface area (Å²) in [7, 11) is 2.06. The summed E-state index contributed by atoms with van der Waals surface area (Å²) in [5.41, 5.74) is 0. The fourth-order valence-corrected chi connectivity index (χ4v) is 8.29. The van der Waals surface area contributed by atoms with E-state index in [0.29, 0.717) is 12.8 Å². The van der Waals surface area contributed by atoms with Crippen LogP contribution in [0.25, 0.3) is 0 Å². The second-order valence-corrected chi connectivity index (χ2v) is 17.5. The minimum Gasteiger partial charge on any atom is -0.463 e. The molecule has 0 aliphatic carbocycles. The number of carbonyl (C=O) groups excluding carboxylic acids is 3. The van der Waals surface area contributed by atoms with Gasteiger partial charge < -0.3 is 23.8 Å². The lowest BCUT2D eigenvalue weighted by molar-refractivity contribution is -0.169. The van der Waals surface area contributed by atoms with Gasteiger partial charge in [0.25, 0.3) is 0 Å². The van der Waals surface area contributed by atoms with Gasteiger partial charge in [0.05, 0.1) is 12.5 Å². The van der Waals surface area contributed by atoms with Gasteiger partial charge in [-0.15, -0.1) is 0 Å². The van der Waals surface area contributed by atoms with Gasteiger partial charge in [-0.05, 0) is 45.8 Å². The zero-order chi connectivity index (χ0) is 40.3. The molecule has 0 bridgehead atoms. The van der Waals surface area contributed by atoms with Crippen LogP contribution in [-0.2, 0) is 33.3 Å². The number of hydrogen-bond donors (Lipinski definition) is 0. The van der Waals surface area contributed by atoms with Gasteiger partial charge >= 0.3 is 17.9 Å². The van der Waals surface area contributed by atoms with E-state index < -0.39 is 18.3 Å². The van der Waals surface area contributed by atoms with Crippen molar-refractivity contribution in [2.24, 2.45) is 5.92 Å². The highest BCUT2D eigenvalue weighted by Crippen LogP contribution is 2.25. The molecule has 0 radical (unpaired) electrons. The number of ether oxygens (including phenoxy) is 4. The predicted octanol–water partition coefficient (Wildman–Crippen LogP) is 12.6. The quantitative estimate of drug-likeness (QED) is 0.0349. The minimum atomic E-state index is -0.769. The van der Waals surface area contributed by atoms with Gasteiger partial charge in [-0.1, -0.05) is 194 Å². The van der Waals surface area contributed by atoms with Crippen LogP contribution in [0.5, 0.6) is 0 Å². The van der Waals surface area contributed by atoms with Crippen LogP contribution in [0.4, 0.5) is 0 Å². The third-order valence-electron chi connectivity index (χ3n) is 12.2. The molecule has 0 aromatic rings. The summed E-state index contributed by atoms with van der Waals surface area (Å²) in [5.74, 6) is -0.925. The fourth-order valence-electron chi connectivity index (χ4n) is 8.29. The Bertz CT molecular complexity index is 952. The summed E-state index contributed by atoms with van der Waals surface area (Å²) in [6, 6.07) is 0. The number of piperidine rings is 1. The van der Waals surface area contributed by atoms with E-state index in [9.17, 15) is 14.4 Å². The predicted molar refractivity (Wildman–Crippen MR) is 230 cm³/mol. The number of carbonyl (C=O) groups is 3. The Balaban J connectivity index is 1.63. The molecular weight excluding hydrogens is 703 g/mol. The maximum atomic E-state index is 13.0. The average Bonchev–Trinajstić information content (AvgIpc) is 3.56. The van der Waals surface area contributed by atoms with E-state index in [1.807, 2.05) is 0 Å². The Kier molecular flexibility index (Phi) is 31.8. The molecule has 0 saturated carbocycles. The van der Waals surface area contributed by atoms with E-state index in [1.54, 1.807) is 0 Å². The molecule has 8 heteroatoms. The summed E-state index contributed by atoms with van der Waals surface area (Å²) >= 11 is 0. The van der Waals surface area contributed by atoms with Gasteiger partial charge in [0, 0.05) is 12.8 Å². The molecular formula is C48H89NO7. The first-order chi connectivity index (χ1) is 27.4. The van der Waals surface area contributed by atoms with E-state index in [0.717, 1.165) is 64.5 Å². The lowest BCUT2D eigenvalue weighted by atomic mass is 9.97. The third-order valence-corrected chi connectivity index (χ3v) is 12.2. The molecule has 8 nitrogen and oxygen atoms in total. The number of unbranched alkanes of at least 4 members (excludes halogenated alkanes) is 28. The van der Waals surface area contributed by atoms with Gasteiger partial charge in [0.2, 0.25) is 0 Å². The molecule has 2 aliphatic heterocycles. The molecule has 0 N–H and O–H groups in total. The normalized spacial score (nSPS) is 19.0. The fraction of sp³-hybridized carbons (Fsp3) is 0.938. The molecule has 2 rings (SSSR count). The van der Waals surface area contributed by atoms with E-state index in [-0.39, 0.29) is 37.0 Å². The number of esters is 3. The van der Waals surface area contributed by atoms with Gasteiger partial charge in [0.1, 0.15) is 12.7 Å². The van der Waals surface area contributed by atoms with Crippen LogP contribution in [0.15, 0.2) is 0 Å². The Morgan fingerprint density at radius 2 is 0.875 bits per heavy atom. The van der Waals surface area contributed by atoms with Crippen LogP contribution >= 0.6 is 0 Å². The second kappa shape index (κ2) is 35.3. The standard InChI is InChI=1S/C48H89NO7/c1-4-6-8-10-12-14-16-18-20-22-24-26-28-30-32-34-45(50)55-44-41-53-43(40-54-48(52)42-36-38-49(3)39-37-42)47(44)56-46(51)35-33-31-29-27-25-23-21-19-17-15-13-11-9-7-5-2/h42-44,47H,4-41H2,1-3H3/t43-,44+,47+/m1/s1. The zero-order valence-corrected chi connectivity index (χ0v) is 37.0. The molecule has 328 valence electrons. The van der Waals surface area contributed by atoms with Crippen molar-refractivity contribution in [2.75, 3.05) is 33.4 Å². The average molecular weight is 792 g/mol. The molecule has 0 amide bonds. The summed E-state index contributed by atoms with van der Waals surface area (Å²) in [5, 5.41) is 0. The molecule has 2 saturated heterocycles. The van der Waals surface area contributed by atoms with Crippen molar-refractivity contribution >= 4 is 17.9 Å². The summed E-state index contributed by atoms with van der Waals surface area (Å²) in [6.07, 6.45) is 38.3. The topological polar surface area (TPSA) is 91.4 Å². The summed E-state index contributed by atoms with van der Waals surface area (Å²) in [6.45, 7) is 6.42. The number of nitrogens with zero attached hydrogens (tertiary/aromatic N) is 1. The van der Waals surface area contributed by atoms with Crippen molar-refractivity contribution in [1.29, 1.82) is 0 Å². The Morgan fingerprint density at radius 1 is 0.518 bits per heavy atom. The van der Waals surface area contributed by atoms with Crippen LogP contribution in [0.2, 0.25) is 0 Å². The highest BCUT2D eigenvalue weighted by Gasteiger charge is 2.43. The van der Waals surface area contributed by atoms with Gasteiger partial charge in [-0.2, -0.15) is 0 Å². The molecule has 3 atom stereocenters. The van der Waals surface area contributed by atoms with Crippen molar-refractivity contribution < 1.29 is 33.3 Å². The Hall–Kier alpha value is -1.67. The van der Waals surface area contributed by atoms with Gasteiger partial charge in [-0.3, -0.25) is 14.4 Å². The van der Waals surface area contributed by atoms with E-state index in [4.69, 9.17) is 18.9 Å². The van der Waals surface area contributed by atoms with Crippen molar-refractivity contribution in [3.63, 3.8) is 0 Å². The third kappa shape index (κ3) is 26.4. The number of likely N-dealkylation sites (tertiary alicyclic amines) is 1. The molecule has 0 aromatic heterocycles. The van der Waals surface area contributed by atoms with E-state index in [1.165, 1.54) is 154 Å². The molecule has 56 heavy (non-hydrogen) atoms. The Labute approximate surface area is 345 Å². The number of hydrogen-bond acceptors (Lipinski definition) is 8. The largest absolute Gasteiger partial charge is 0.463 e. The molecule has 2 fully saturated rings. The lowest BCUT2D eigenvalue weighted by Crippen LogP contribution is -2.41. The highest BCUT2D eigenvalue weighted by atomic mass is 16.6. The van der Waals surface area contributed by atoms with Crippen LogP contribution < -0.4 is 0 Å². The molecule has 2 aliphatic rings. The van der Waals surface area contributed by atoms with Crippen LogP contribution in [0.3, 0.4) is 0 Å². The lowest BCUT2D eigenvalue weighted by Gasteiger charge is -2.28. The first kappa shape index (κ1) is 50.5. The van der Waals surface area contributed by atoms with Crippen molar-refractivity contribution in [1.82, 2.24) is 4.90 Å². The second-order valence-electron chi connectivity index (χ2n) is 17.5. The molecule has 0 aromatic carbocycles. The molecule has 0 unspecified atom stereocenters. The molecule has 2 heterocycles. The maximum absolute atomic E-state index is 13.0. The first-order valence-corrected chi connectivity index (χ1v) is 24.3. The smallest absolute Gasteiger partial charge is 0.309 e. The monoisotopic (exact) mass is 792 g/mol. The first-order valence-electron chi connectivity index (χ1n) is 24.3. The maximum Gasteiger partial charge on any atom is 0.309 e. The van der Waals surface area contributed by atoms with Crippen LogP contribution in [0, 0.1) is 5.92 Å². The number of rotatable bonds is 37. The van der Waals surface area contributed by atoms with Crippen LogP contribution in [-0.4, -0.2) is 74.5 Å². The SMILES string of the molecule is CCCCCCCCCCCCCCCCCC(=O)O[C@@H]1[C@@H](OC(=O)CCCCCCCCCCCCCCCCC)CO[C@@H]1COC(=O)C1CCN(C)CC1. The van der Waals surface area contributed by atoms with Gasteiger partial charge in [-0.25, -0.2) is 0 Å². The van der Waals surface area contributed by atoms with E-state index in [2.05, 4.69) is 25.8 Å². The summed E-state index contributed by atoms with van der Waals surface area (Å²) in [4.78, 5) is 41.0. The Morgan fingerprint density at radius 3 is 1.27 bits per heavy atom. The molecule has 0 spiro atoms. The van der Waals surface area contributed by atoms with Crippen LogP contribution in [0.1, 0.15) is 232 Å². The minimum absolute atomic E-state index is 0.00479. The zero-order valence-electron chi connectivity index (χ0n) is 37.0.